The number of fused-ring (bicyclic) bond motifs is 2. The summed E-state index contributed by atoms with van der Waals surface area (Å²) in [4.78, 5) is 0. The van der Waals surface area contributed by atoms with E-state index in [-0.39, 0.29) is 0 Å². The molecule has 2 saturated carbocycles. The molecule has 2 fully saturated rings. The van der Waals surface area contributed by atoms with E-state index in [1.807, 2.05) is 0 Å². The van der Waals surface area contributed by atoms with Crippen LogP contribution in [0.15, 0.2) is 30.3 Å². The average molecular weight is 244 g/mol. The summed E-state index contributed by atoms with van der Waals surface area (Å²) in [5, 5.41) is 0. The molecule has 4 atom stereocenters. The van der Waals surface area contributed by atoms with Crippen molar-refractivity contribution in [2.24, 2.45) is 23.2 Å². The molecule has 0 spiro atoms. The lowest BCUT2D eigenvalue weighted by atomic mass is 9.69. The van der Waals surface area contributed by atoms with E-state index in [1.165, 1.54) is 18.4 Å². The van der Waals surface area contributed by atoms with Crippen molar-refractivity contribution in [1.82, 2.24) is 0 Å². The third kappa shape index (κ3) is 1.89. The van der Waals surface area contributed by atoms with Gasteiger partial charge in [0, 0.05) is 0 Å². The summed E-state index contributed by atoms with van der Waals surface area (Å²) in [6.07, 6.45) is 3.15. The van der Waals surface area contributed by atoms with Gasteiger partial charge in [-0.3, -0.25) is 0 Å². The van der Waals surface area contributed by atoms with E-state index in [4.69, 9.17) is 4.74 Å². The molecule has 98 valence electrons. The van der Waals surface area contributed by atoms with Crippen LogP contribution < -0.4 is 0 Å². The Balaban J connectivity index is 1.61. The molecular weight excluding hydrogens is 220 g/mol. The monoisotopic (exact) mass is 244 g/mol. The SMILES string of the molecule is C[C@H]1[C@H]2C[C@H](C[C@@H]2OCc2ccccc2)C1(C)C. The number of ether oxygens (including phenoxy) is 1. The smallest absolute Gasteiger partial charge is 0.0720 e. The fourth-order valence-corrected chi connectivity index (χ4v) is 4.06. The van der Waals surface area contributed by atoms with Crippen LogP contribution in [-0.2, 0) is 11.3 Å². The lowest BCUT2D eigenvalue weighted by Gasteiger charge is -2.39. The van der Waals surface area contributed by atoms with E-state index < -0.39 is 0 Å². The second-order valence-electron chi connectivity index (χ2n) is 6.78. The van der Waals surface area contributed by atoms with Gasteiger partial charge in [0.1, 0.15) is 0 Å². The first-order valence-electron chi connectivity index (χ1n) is 7.24. The first-order valence-corrected chi connectivity index (χ1v) is 7.24. The molecule has 1 nitrogen and oxygen atoms in total. The second-order valence-corrected chi connectivity index (χ2v) is 6.78. The standard InChI is InChI=1S/C17H24O/c1-12-15-9-14(17(12,2)3)10-16(15)18-11-13-7-5-4-6-8-13/h4-8,12,14-16H,9-11H2,1-3H3/t12-,14+,15+,16-/m0/s1. The van der Waals surface area contributed by atoms with Crippen LogP contribution in [0.1, 0.15) is 39.2 Å². The maximum absolute atomic E-state index is 6.19. The molecule has 2 aliphatic carbocycles. The van der Waals surface area contributed by atoms with Crippen LogP contribution >= 0.6 is 0 Å². The molecule has 0 radical (unpaired) electrons. The predicted octanol–water partition coefficient (Wildman–Crippen LogP) is 4.27. The summed E-state index contributed by atoms with van der Waals surface area (Å²) in [6, 6.07) is 10.5. The van der Waals surface area contributed by atoms with Gasteiger partial charge in [-0.2, -0.15) is 0 Å². The Labute approximate surface area is 111 Å². The van der Waals surface area contributed by atoms with Crippen LogP contribution in [0.25, 0.3) is 0 Å². The van der Waals surface area contributed by atoms with Gasteiger partial charge in [-0.15, -0.1) is 0 Å². The van der Waals surface area contributed by atoms with Crippen LogP contribution in [0.4, 0.5) is 0 Å². The van der Waals surface area contributed by atoms with Gasteiger partial charge in [0.15, 0.2) is 0 Å². The highest BCUT2D eigenvalue weighted by Crippen LogP contribution is 2.59. The van der Waals surface area contributed by atoms with Crippen molar-refractivity contribution in [1.29, 1.82) is 0 Å². The molecule has 2 aliphatic rings. The summed E-state index contributed by atoms with van der Waals surface area (Å²) in [7, 11) is 0. The Morgan fingerprint density at radius 2 is 1.89 bits per heavy atom. The molecule has 2 bridgehead atoms. The minimum atomic E-state index is 0.498. The van der Waals surface area contributed by atoms with Crippen LogP contribution in [0.2, 0.25) is 0 Å². The molecule has 18 heavy (non-hydrogen) atoms. The maximum atomic E-state index is 6.19. The van der Waals surface area contributed by atoms with Gasteiger partial charge in [0.05, 0.1) is 12.7 Å². The van der Waals surface area contributed by atoms with E-state index in [0.717, 1.165) is 24.4 Å². The highest BCUT2D eigenvalue weighted by molar-refractivity contribution is 5.13. The van der Waals surface area contributed by atoms with Crippen molar-refractivity contribution in [2.45, 2.75) is 46.3 Å². The van der Waals surface area contributed by atoms with Gasteiger partial charge in [0.2, 0.25) is 0 Å². The van der Waals surface area contributed by atoms with Gasteiger partial charge < -0.3 is 4.74 Å². The molecular formula is C17H24O. The normalized spacial score (nSPS) is 37.1. The molecule has 0 unspecified atom stereocenters. The van der Waals surface area contributed by atoms with Gasteiger partial charge >= 0.3 is 0 Å². The zero-order chi connectivity index (χ0) is 12.8. The lowest BCUT2D eigenvalue weighted by molar-refractivity contribution is -0.0397. The third-order valence-corrected chi connectivity index (χ3v) is 5.73. The van der Waals surface area contributed by atoms with Crippen LogP contribution in [0.5, 0.6) is 0 Å². The van der Waals surface area contributed by atoms with Gasteiger partial charge in [-0.1, -0.05) is 51.1 Å². The van der Waals surface area contributed by atoms with Crippen LogP contribution in [0.3, 0.4) is 0 Å². The molecule has 3 rings (SSSR count). The van der Waals surface area contributed by atoms with Crippen LogP contribution in [-0.4, -0.2) is 6.10 Å². The molecule has 1 heteroatoms. The minimum Gasteiger partial charge on any atom is -0.373 e. The highest BCUT2D eigenvalue weighted by atomic mass is 16.5. The third-order valence-electron chi connectivity index (χ3n) is 5.73. The second kappa shape index (κ2) is 4.38. The average Bonchev–Trinajstić information content (AvgIpc) is 2.88. The van der Waals surface area contributed by atoms with E-state index in [0.29, 0.717) is 11.5 Å². The highest BCUT2D eigenvalue weighted by Gasteiger charge is 2.55. The van der Waals surface area contributed by atoms with Gasteiger partial charge in [0.25, 0.3) is 0 Å². The first-order chi connectivity index (χ1) is 8.59. The largest absolute Gasteiger partial charge is 0.373 e. The predicted molar refractivity (Wildman–Crippen MR) is 74.2 cm³/mol. The summed E-state index contributed by atoms with van der Waals surface area (Å²) in [6.45, 7) is 8.08. The van der Waals surface area contributed by atoms with E-state index >= 15 is 0 Å². The Morgan fingerprint density at radius 3 is 2.50 bits per heavy atom. The maximum Gasteiger partial charge on any atom is 0.0720 e. The molecule has 0 N–H and O–H groups in total. The van der Waals surface area contributed by atoms with Crippen molar-refractivity contribution in [3.8, 4) is 0 Å². The van der Waals surface area contributed by atoms with Crippen molar-refractivity contribution in [2.75, 3.05) is 0 Å². The van der Waals surface area contributed by atoms with Crippen molar-refractivity contribution in [3.63, 3.8) is 0 Å². The Morgan fingerprint density at radius 1 is 1.17 bits per heavy atom. The lowest BCUT2D eigenvalue weighted by Crippen LogP contribution is -2.36. The number of hydrogen-bond donors (Lipinski definition) is 0. The zero-order valence-electron chi connectivity index (χ0n) is 11.7. The fourth-order valence-electron chi connectivity index (χ4n) is 4.06. The topological polar surface area (TPSA) is 9.23 Å². The van der Waals surface area contributed by atoms with Crippen molar-refractivity contribution in [3.05, 3.63) is 35.9 Å². The van der Waals surface area contributed by atoms with Crippen LogP contribution in [0, 0.1) is 23.2 Å². The molecule has 0 amide bonds. The Kier molecular flexibility index (Phi) is 2.97. The molecule has 1 aromatic rings. The molecule has 0 saturated heterocycles. The summed E-state index contributed by atoms with van der Waals surface area (Å²) in [5.41, 5.74) is 1.82. The fraction of sp³-hybridized carbons (Fsp3) is 0.647. The van der Waals surface area contributed by atoms with E-state index in [1.54, 1.807) is 0 Å². The van der Waals surface area contributed by atoms with E-state index in [9.17, 15) is 0 Å². The quantitative estimate of drug-likeness (QED) is 0.771. The van der Waals surface area contributed by atoms with Crippen molar-refractivity contribution < 1.29 is 4.74 Å². The first kappa shape index (κ1) is 12.2. The molecule has 0 aromatic heterocycles. The van der Waals surface area contributed by atoms with E-state index in [2.05, 4.69) is 51.1 Å². The number of rotatable bonds is 3. The summed E-state index contributed by atoms with van der Waals surface area (Å²) < 4.78 is 6.19. The number of hydrogen-bond acceptors (Lipinski definition) is 1. The Hall–Kier alpha value is -0.820. The minimum absolute atomic E-state index is 0.498. The zero-order valence-corrected chi connectivity index (χ0v) is 11.7. The van der Waals surface area contributed by atoms with Gasteiger partial charge in [-0.25, -0.2) is 0 Å². The Bertz CT molecular complexity index is 405. The molecule has 0 aliphatic heterocycles. The summed E-state index contributed by atoms with van der Waals surface area (Å²) in [5.74, 6) is 2.46. The van der Waals surface area contributed by atoms with Gasteiger partial charge in [-0.05, 0) is 41.6 Å². The van der Waals surface area contributed by atoms with Crippen molar-refractivity contribution >= 4 is 0 Å². The number of benzene rings is 1. The molecule has 1 aromatic carbocycles. The summed E-state index contributed by atoms with van der Waals surface area (Å²) >= 11 is 0. The molecule has 0 heterocycles.